The van der Waals surface area contributed by atoms with E-state index >= 15 is 0 Å². The lowest BCUT2D eigenvalue weighted by atomic mass is 10.1. The molecule has 0 unspecified atom stereocenters. The number of imidazole rings is 1. The fraction of sp³-hybridized carbons (Fsp3) is 0.333. The van der Waals surface area contributed by atoms with Crippen molar-refractivity contribution in [3.05, 3.63) is 95.9 Å². The van der Waals surface area contributed by atoms with E-state index in [0.29, 0.717) is 18.7 Å². The topological polar surface area (TPSA) is 56.5 Å². The van der Waals surface area contributed by atoms with Gasteiger partial charge >= 0.3 is 0 Å². The Kier molecular flexibility index (Phi) is 9.11. The van der Waals surface area contributed by atoms with Crippen LogP contribution in [-0.4, -0.2) is 39.8 Å². The molecule has 0 aliphatic heterocycles. The van der Waals surface area contributed by atoms with Crippen molar-refractivity contribution in [2.75, 3.05) is 19.6 Å². The fourth-order valence-corrected chi connectivity index (χ4v) is 3.55. The van der Waals surface area contributed by atoms with Gasteiger partial charge in [-0.2, -0.15) is 0 Å². The number of aromatic nitrogens is 2. The molecule has 0 N–H and O–H groups in total. The van der Waals surface area contributed by atoms with E-state index in [9.17, 15) is 5.11 Å². The maximum atomic E-state index is 13.3. The van der Waals surface area contributed by atoms with Gasteiger partial charge in [0, 0.05) is 38.6 Å². The molecule has 5 heteroatoms. The predicted molar refractivity (Wildman–Crippen MR) is 131 cm³/mol. The van der Waals surface area contributed by atoms with Crippen molar-refractivity contribution in [2.45, 2.75) is 39.7 Å². The van der Waals surface area contributed by atoms with Gasteiger partial charge in [-0.25, -0.2) is 4.98 Å². The van der Waals surface area contributed by atoms with Crippen molar-refractivity contribution in [3.8, 4) is 0 Å². The molecule has 2 aromatic rings. The molecule has 1 aromatic heterocycles. The summed E-state index contributed by atoms with van der Waals surface area (Å²) in [5.74, 6) is 0.0524. The minimum atomic E-state index is 0.0524. The minimum absolute atomic E-state index is 0.0524. The average Bonchev–Trinajstić information content (AvgIpc) is 3.33. The van der Waals surface area contributed by atoms with Crippen molar-refractivity contribution in [1.82, 2.24) is 14.5 Å². The van der Waals surface area contributed by atoms with E-state index in [0.717, 1.165) is 49.2 Å². The molecule has 1 aromatic carbocycles. The van der Waals surface area contributed by atoms with Crippen LogP contribution < -0.4 is 5.11 Å². The largest absolute Gasteiger partial charge is 0.860 e. The number of hydrogen-bond donors (Lipinski definition) is 0. The molecule has 0 bridgehead atoms. The molecule has 168 valence electrons. The highest BCUT2D eigenvalue weighted by molar-refractivity contribution is 6.05. The third kappa shape index (κ3) is 7.41. The first-order valence-corrected chi connectivity index (χ1v) is 11.4. The van der Waals surface area contributed by atoms with Crippen molar-refractivity contribution in [1.29, 1.82) is 0 Å². The van der Waals surface area contributed by atoms with Crippen LogP contribution in [0.4, 0.5) is 0 Å². The van der Waals surface area contributed by atoms with Crippen molar-refractivity contribution in [3.63, 3.8) is 0 Å². The first kappa shape index (κ1) is 23.3. The van der Waals surface area contributed by atoms with Gasteiger partial charge in [0.05, 0.1) is 12.0 Å². The predicted octanol–water partition coefficient (Wildman–Crippen LogP) is 4.62. The molecule has 5 nitrogen and oxygen atoms in total. The van der Waals surface area contributed by atoms with Gasteiger partial charge < -0.3 is 14.6 Å². The monoisotopic (exact) mass is 429 g/mol. The molecule has 32 heavy (non-hydrogen) atoms. The molecule has 0 saturated heterocycles. The molecular weight excluding hydrogens is 396 g/mol. The number of nitrogens with zero attached hydrogens (tertiary/aromatic N) is 4. The number of benzene rings is 1. The van der Waals surface area contributed by atoms with E-state index in [1.54, 1.807) is 6.20 Å². The Hall–Kier alpha value is -3.34. The maximum absolute atomic E-state index is 13.3. The molecular formula is C27H33N4O-. The lowest BCUT2D eigenvalue weighted by Gasteiger charge is -2.33. The SMILES string of the molecule is CCCCN=C1C=CC(=C([O-])N(CCCn2ccnc2)C/C(C)=C/c2ccccc2)C=C1. The highest BCUT2D eigenvalue weighted by atomic mass is 16.3. The third-order valence-corrected chi connectivity index (χ3v) is 5.26. The molecule has 1 aliphatic carbocycles. The number of aliphatic imine (C=N–C) groups is 1. The maximum Gasteiger partial charge on any atom is 0.0945 e. The summed E-state index contributed by atoms with van der Waals surface area (Å²) in [4.78, 5) is 10.6. The summed E-state index contributed by atoms with van der Waals surface area (Å²) in [6.45, 7) is 7.18. The second-order valence-corrected chi connectivity index (χ2v) is 8.06. The zero-order valence-electron chi connectivity index (χ0n) is 19.2. The molecule has 0 spiro atoms. The molecule has 0 amide bonds. The van der Waals surface area contributed by atoms with Gasteiger partial charge in [0.2, 0.25) is 0 Å². The van der Waals surface area contributed by atoms with E-state index in [-0.39, 0.29) is 5.88 Å². The minimum Gasteiger partial charge on any atom is -0.860 e. The zero-order chi connectivity index (χ0) is 22.6. The van der Waals surface area contributed by atoms with Crippen LogP contribution in [0.3, 0.4) is 0 Å². The van der Waals surface area contributed by atoms with E-state index in [4.69, 9.17) is 0 Å². The van der Waals surface area contributed by atoms with Gasteiger partial charge in [-0.3, -0.25) is 4.99 Å². The Labute approximate surface area is 191 Å². The summed E-state index contributed by atoms with van der Waals surface area (Å²) < 4.78 is 2.04. The summed E-state index contributed by atoms with van der Waals surface area (Å²) in [6, 6.07) is 10.2. The van der Waals surface area contributed by atoms with Gasteiger partial charge in [0.1, 0.15) is 0 Å². The highest BCUT2D eigenvalue weighted by Gasteiger charge is 2.08. The molecule has 3 rings (SSSR count). The van der Waals surface area contributed by atoms with Gasteiger partial charge in [-0.05, 0) is 48.9 Å². The summed E-state index contributed by atoms with van der Waals surface area (Å²) in [5.41, 5.74) is 3.93. The van der Waals surface area contributed by atoms with Crippen molar-refractivity contribution in [2.24, 2.45) is 4.99 Å². The number of allylic oxidation sites excluding steroid dienone is 5. The molecule has 0 radical (unpaired) electrons. The van der Waals surface area contributed by atoms with Crippen LogP contribution in [0, 0.1) is 0 Å². The lowest BCUT2D eigenvalue weighted by Crippen LogP contribution is -2.34. The lowest BCUT2D eigenvalue weighted by molar-refractivity contribution is -0.333. The van der Waals surface area contributed by atoms with Crippen LogP contribution >= 0.6 is 0 Å². The fourth-order valence-electron chi connectivity index (χ4n) is 3.55. The number of rotatable bonds is 11. The number of hydrogen-bond acceptors (Lipinski definition) is 4. The summed E-state index contributed by atoms with van der Waals surface area (Å²) in [7, 11) is 0. The van der Waals surface area contributed by atoms with E-state index < -0.39 is 0 Å². The standard InChI is InChI=1S/C27H34N4O/c1-3-4-15-29-26-13-11-25(12-14-26)27(32)31(18-8-17-30-19-16-28-22-30)21-23(2)20-24-9-6-5-7-10-24/h5-7,9-14,16,19-20,22,32H,3-4,8,15,17-18,21H2,1-2H3/p-1/b23-20+,27-25?,29-26?. The number of unbranched alkanes of at least 4 members (excludes halogenated alkanes) is 1. The summed E-state index contributed by atoms with van der Waals surface area (Å²) >= 11 is 0. The van der Waals surface area contributed by atoms with Crippen molar-refractivity contribution >= 4 is 11.8 Å². The van der Waals surface area contributed by atoms with Crippen molar-refractivity contribution < 1.29 is 5.11 Å². The van der Waals surface area contributed by atoms with E-state index in [2.05, 4.69) is 42.0 Å². The summed E-state index contributed by atoms with van der Waals surface area (Å²) in [6.07, 6.45) is 18.4. The van der Waals surface area contributed by atoms with Crippen LogP contribution in [0.1, 0.15) is 38.7 Å². The Morgan fingerprint density at radius 2 is 1.91 bits per heavy atom. The second kappa shape index (κ2) is 12.5. The Morgan fingerprint density at radius 1 is 1.12 bits per heavy atom. The van der Waals surface area contributed by atoms with E-state index in [1.807, 2.05) is 64.5 Å². The van der Waals surface area contributed by atoms with Crippen LogP contribution in [0.2, 0.25) is 0 Å². The van der Waals surface area contributed by atoms with E-state index in [1.165, 1.54) is 0 Å². The average molecular weight is 430 g/mol. The summed E-state index contributed by atoms with van der Waals surface area (Å²) in [5, 5.41) is 13.3. The zero-order valence-corrected chi connectivity index (χ0v) is 19.2. The van der Waals surface area contributed by atoms with Gasteiger partial charge in [0.25, 0.3) is 0 Å². The smallest absolute Gasteiger partial charge is 0.0945 e. The molecule has 0 fully saturated rings. The molecule has 1 heterocycles. The quantitative estimate of drug-likeness (QED) is 0.387. The Balaban J connectivity index is 1.72. The van der Waals surface area contributed by atoms with Crippen LogP contribution in [0.15, 0.2) is 95.4 Å². The second-order valence-electron chi connectivity index (χ2n) is 8.06. The highest BCUT2D eigenvalue weighted by Crippen LogP contribution is 2.16. The molecule has 0 atom stereocenters. The van der Waals surface area contributed by atoms with Gasteiger partial charge in [-0.1, -0.05) is 67.5 Å². The Morgan fingerprint density at radius 3 is 2.59 bits per heavy atom. The van der Waals surface area contributed by atoms with Crippen LogP contribution in [0.25, 0.3) is 6.08 Å². The first-order chi connectivity index (χ1) is 15.7. The third-order valence-electron chi connectivity index (χ3n) is 5.26. The normalized spacial score (nSPS) is 13.5. The first-order valence-electron chi connectivity index (χ1n) is 11.4. The van der Waals surface area contributed by atoms with Gasteiger partial charge in [-0.15, -0.1) is 0 Å². The molecule has 0 saturated carbocycles. The van der Waals surface area contributed by atoms with Crippen LogP contribution in [0.5, 0.6) is 0 Å². The Bertz CT molecular complexity index is 964. The van der Waals surface area contributed by atoms with Crippen LogP contribution in [-0.2, 0) is 6.54 Å². The van der Waals surface area contributed by atoms with Gasteiger partial charge in [0.15, 0.2) is 0 Å². The number of aryl methyl sites for hydroxylation is 1. The molecule has 1 aliphatic rings.